The third-order valence-electron chi connectivity index (χ3n) is 4.87. The molecule has 2 aliphatic rings. The van der Waals surface area contributed by atoms with E-state index in [2.05, 4.69) is 10.2 Å². The van der Waals surface area contributed by atoms with E-state index in [4.69, 9.17) is 9.72 Å². The molecule has 4 nitrogen and oxygen atoms in total. The molecule has 118 valence electrons. The van der Waals surface area contributed by atoms with Gasteiger partial charge in [0.2, 0.25) is 0 Å². The van der Waals surface area contributed by atoms with Crippen molar-refractivity contribution in [2.75, 3.05) is 25.6 Å². The number of rotatable bonds is 6. The third-order valence-corrected chi connectivity index (χ3v) is 6.01. The smallest absolute Gasteiger partial charge is 0.186 e. The van der Waals surface area contributed by atoms with Crippen molar-refractivity contribution in [1.82, 2.24) is 10.3 Å². The molecule has 1 unspecified atom stereocenters. The first-order chi connectivity index (χ1) is 10.3. The summed E-state index contributed by atoms with van der Waals surface area (Å²) in [6.07, 6.45) is 8.36. The van der Waals surface area contributed by atoms with Gasteiger partial charge in [0.25, 0.3) is 0 Å². The minimum atomic E-state index is 0.620. The number of nitrogens with zero attached hydrogens (tertiary/aromatic N) is 2. The van der Waals surface area contributed by atoms with Crippen LogP contribution in [0.2, 0.25) is 0 Å². The number of nitrogens with one attached hydrogen (secondary N) is 1. The molecule has 1 aromatic rings. The van der Waals surface area contributed by atoms with Crippen LogP contribution >= 0.6 is 11.3 Å². The first-order valence-corrected chi connectivity index (χ1v) is 9.04. The fourth-order valence-electron chi connectivity index (χ4n) is 3.90. The molecule has 1 aliphatic heterocycles. The largest absolute Gasteiger partial charge is 0.378 e. The van der Waals surface area contributed by atoms with E-state index >= 15 is 0 Å². The number of anilines is 1. The number of methoxy groups -OCH3 is 1. The van der Waals surface area contributed by atoms with E-state index in [1.165, 1.54) is 55.1 Å². The number of aromatic nitrogens is 1. The summed E-state index contributed by atoms with van der Waals surface area (Å²) in [5.41, 5.74) is 1.11. The van der Waals surface area contributed by atoms with Crippen LogP contribution in [-0.4, -0.2) is 31.7 Å². The Kier molecular flexibility index (Phi) is 5.14. The lowest BCUT2D eigenvalue weighted by Gasteiger charge is -2.29. The summed E-state index contributed by atoms with van der Waals surface area (Å²) in [6.45, 7) is 2.69. The summed E-state index contributed by atoms with van der Waals surface area (Å²) in [5.74, 6) is 0.898. The molecule has 1 saturated heterocycles. The van der Waals surface area contributed by atoms with Crippen LogP contribution in [0.3, 0.4) is 0 Å². The highest BCUT2D eigenvalue weighted by atomic mass is 32.1. The van der Waals surface area contributed by atoms with Crippen LogP contribution in [-0.2, 0) is 17.9 Å². The predicted molar refractivity (Wildman–Crippen MR) is 87.9 cm³/mol. The van der Waals surface area contributed by atoms with E-state index in [0.717, 1.165) is 24.2 Å². The normalized spacial score (nSPS) is 23.3. The highest BCUT2D eigenvalue weighted by Crippen LogP contribution is 2.39. The topological polar surface area (TPSA) is 37.4 Å². The minimum absolute atomic E-state index is 0.620. The molecule has 1 atom stereocenters. The minimum Gasteiger partial charge on any atom is -0.378 e. The SMILES string of the molecule is CNCc1sc(N2CCCC2C2CCCC2)nc1COC. The van der Waals surface area contributed by atoms with E-state index in [0.29, 0.717) is 6.61 Å². The molecule has 21 heavy (non-hydrogen) atoms. The second kappa shape index (κ2) is 7.07. The molecular weight excluding hydrogens is 282 g/mol. The lowest BCUT2D eigenvalue weighted by Crippen LogP contribution is -2.34. The van der Waals surface area contributed by atoms with Gasteiger partial charge in [0.15, 0.2) is 5.13 Å². The Labute approximate surface area is 131 Å². The van der Waals surface area contributed by atoms with Crippen LogP contribution < -0.4 is 10.2 Å². The monoisotopic (exact) mass is 309 g/mol. The second-order valence-corrected chi connectivity index (χ2v) is 7.34. The Morgan fingerprint density at radius 3 is 2.81 bits per heavy atom. The maximum atomic E-state index is 5.32. The zero-order valence-electron chi connectivity index (χ0n) is 13.2. The van der Waals surface area contributed by atoms with E-state index in [1.807, 2.05) is 18.4 Å². The van der Waals surface area contributed by atoms with E-state index < -0.39 is 0 Å². The van der Waals surface area contributed by atoms with Gasteiger partial charge in [-0.25, -0.2) is 4.98 Å². The van der Waals surface area contributed by atoms with Crippen LogP contribution in [0.25, 0.3) is 0 Å². The summed E-state index contributed by atoms with van der Waals surface area (Å²) in [4.78, 5) is 8.82. The Morgan fingerprint density at radius 1 is 1.29 bits per heavy atom. The van der Waals surface area contributed by atoms with Gasteiger partial charge in [0.1, 0.15) is 0 Å². The first kappa shape index (κ1) is 15.3. The molecule has 0 aromatic carbocycles. The molecule has 1 N–H and O–H groups in total. The van der Waals surface area contributed by atoms with Crippen molar-refractivity contribution in [3.8, 4) is 0 Å². The summed E-state index contributed by atoms with van der Waals surface area (Å²) < 4.78 is 5.32. The molecule has 0 radical (unpaired) electrons. The van der Waals surface area contributed by atoms with Crippen molar-refractivity contribution in [3.63, 3.8) is 0 Å². The van der Waals surface area contributed by atoms with Gasteiger partial charge in [0, 0.05) is 31.1 Å². The molecule has 2 fully saturated rings. The van der Waals surface area contributed by atoms with Crippen molar-refractivity contribution in [2.24, 2.45) is 5.92 Å². The van der Waals surface area contributed by atoms with Gasteiger partial charge in [-0.15, -0.1) is 11.3 Å². The summed E-state index contributed by atoms with van der Waals surface area (Å²) in [6, 6.07) is 0.733. The zero-order chi connectivity index (χ0) is 14.7. The first-order valence-electron chi connectivity index (χ1n) is 8.22. The lowest BCUT2D eigenvalue weighted by atomic mass is 9.96. The fraction of sp³-hybridized carbons (Fsp3) is 0.812. The van der Waals surface area contributed by atoms with Crippen molar-refractivity contribution in [3.05, 3.63) is 10.6 Å². The predicted octanol–water partition coefficient (Wildman–Crippen LogP) is 3.17. The molecule has 0 bridgehead atoms. The molecule has 1 aliphatic carbocycles. The maximum absolute atomic E-state index is 5.32. The van der Waals surface area contributed by atoms with Crippen LogP contribution in [0.5, 0.6) is 0 Å². The number of thiazole rings is 1. The van der Waals surface area contributed by atoms with Crippen molar-refractivity contribution in [1.29, 1.82) is 0 Å². The Morgan fingerprint density at radius 2 is 2.10 bits per heavy atom. The molecule has 5 heteroatoms. The Hall–Kier alpha value is -0.650. The van der Waals surface area contributed by atoms with Gasteiger partial charge in [-0.1, -0.05) is 12.8 Å². The molecule has 1 aromatic heterocycles. The van der Waals surface area contributed by atoms with Gasteiger partial charge in [-0.05, 0) is 38.6 Å². The van der Waals surface area contributed by atoms with Crippen molar-refractivity contribution < 1.29 is 4.74 Å². The van der Waals surface area contributed by atoms with Crippen LogP contribution in [0.4, 0.5) is 5.13 Å². The van der Waals surface area contributed by atoms with Gasteiger partial charge < -0.3 is 15.0 Å². The van der Waals surface area contributed by atoms with Gasteiger partial charge >= 0.3 is 0 Å². The van der Waals surface area contributed by atoms with Gasteiger partial charge in [-0.2, -0.15) is 0 Å². The van der Waals surface area contributed by atoms with Gasteiger partial charge in [-0.3, -0.25) is 0 Å². The maximum Gasteiger partial charge on any atom is 0.186 e. The Balaban J connectivity index is 1.79. The average Bonchev–Trinajstić information content (AvgIpc) is 3.19. The standard InChI is InChI=1S/C16H27N3OS/c1-17-10-15-13(11-20-2)18-16(21-15)19-9-5-8-14(19)12-6-3-4-7-12/h12,14,17H,3-11H2,1-2H3. The van der Waals surface area contributed by atoms with E-state index in [9.17, 15) is 0 Å². The molecule has 0 amide bonds. The lowest BCUT2D eigenvalue weighted by molar-refractivity contribution is 0.181. The summed E-state index contributed by atoms with van der Waals surface area (Å²) in [7, 11) is 3.74. The molecular formula is C16H27N3OS. The summed E-state index contributed by atoms with van der Waals surface area (Å²) in [5, 5.41) is 4.47. The van der Waals surface area contributed by atoms with E-state index in [-0.39, 0.29) is 0 Å². The van der Waals surface area contributed by atoms with E-state index in [1.54, 1.807) is 7.11 Å². The average molecular weight is 309 g/mol. The quantitative estimate of drug-likeness (QED) is 0.876. The fourth-order valence-corrected chi connectivity index (χ4v) is 5.06. The molecule has 2 heterocycles. The van der Waals surface area contributed by atoms with Crippen molar-refractivity contribution in [2.45, 2.75) is 57.7 Å². The molecule has 1 saturated carbocycles. The summed E-state index contributed by atoms with van der Waals surface area (Å²) >= 11 is 1.86. The van der Waals surface area contributed by atoms with Gasteiger partial charge in [0.05, 0.1) is 12.3 Å². The second-order valence-electron chi connectivity index (χ2n) is 6.28. The highest BCUT2D eigenvalue weighted by Gasteiger charge is 2.35. The molecule has 3 rings (SSSR count). The third kappa shape index (κ3) is 3.25. The Bertz CT molecular complexity index is 433. The number of ether oxygens (including phenoxy) is 1. The number of hydrogen-bond donors (Lipinski definition) is 1. The van der Waals surface area contributed by atoms with Crippen LogP contribution in [0, 0.1) is 5.92 Å². The zero-order valence-corrected chi connectivity index (χ0v) is 14.0. The molecule has 0 spiro atoms. The highest BCUT2D eigenvalue weighted by molar-refractivity contribution is 7.15. The van der Waals surface area contributed by atoms with Crippen LogP contribution in [0.15, 0.2) is 0 Å². The van der Waals surface area contributed by atoms with Crippen molar-refractivity contribution >= 4 is 16.5 Å². The number of hydrogen-bond acceptors (Lipinski definition) is 5. The van der Waals surface area contributed by atoms with Crippen LogP contribution in [0.1, 0.15) is 49.1 Å².